The van der Waals surface area contributed by atoms with Crippen molar-refractivity contribution in [2.24, 2.45) is 5.73 Å². The molecule has 0 atom stereocenters. The first-order valence-corrected chi connectivity index (χ1v) is 5.84. The summed E-state index contributed by atoms with van der Waals surface area (Å²) in [5.41, 5.74) is 6.53. The lowest BCUT2D eigenvalue weighted by Gasteiger charge is -2.06. The minimum Gasteiger partial charge on any atom is -0.388 e. The van der Waals surface area contributed by atoms with Gasteiger partial charge in [-0.3, -0.25) is 0 Å². The van der Waals surface area contributed by atoms with Crippen molar-refractivity contribution in [1.82, 2.24) is 4.57 Å². The fourth-order valence-electron chi connectivity index (χ4n) is 1.14. The van der Waals surface area contributed by atoms with E-state index in [1.807, 2.05) is 30.1 Å². The van der Waals surface area contributed by atoms with E-state index >= 15 is 0 Å². The van der Waals surface area contributed by atoms with Gasteiger partial charge in [-0.1, -0.05) is 19.1 Å². The summed E-state index contributed by atoms with van der Waals surface area (Å²) in [5.74, 6) is 2.27. The van der Waals surface area contributed by atoms with E-state index in [2.05, 4.69) is 11.5 Å². The zero-order valence-electron chi connectivity index (χ0n) is 7.69. The highest BCUT2D eigenvalue weighted by Crippen LogP contribution is 2.05. The summed E-state index contributed by atoms with van der Waals surface area (Å²) in [5, 5.41) is 0. The highest BCUT2D eigenvalue weighted by atomic mass is 32.2. The first kappa shape index (κ1) is 10.6. The predicted molar refractivity (Wildman–Crippen MR) is 63.3 cm³/mol. The normalized spacial score (nSPS) is 10.2. The molecule has 0 unspecified atom stereocenters. The van der Waals surface area contributed by atoms with E-state index in [1.165, 1.54) is 0 Å². The summed E-state index contributed by atoms with van der Waals surface area (Å²) in [4.78, 5) is 0.478. The molecule has 2 N–H and O–H groups in total. The molecule has 0 fully saturated rings. The zero-order chi connectivity index (χ0) is 9.68. The van der Waals surface area contributed by atoms with Crippen molar-refractivity contribution in [2.75, 3.05) is 11.5 Å². The molecule has 1 rings (SSSR count). The van der Waals surface area contributed by atoms with Crippen LogP contribution in [0.5, 0.6) is 0 Å². The summed E-state index contributed by atoms with van der Waals surface area (Å²) in [6.45, 7) is 3.15. The Kier molecular flexibility index (Phi) is 4.32. The van der Waals surface area contributed by atoms with Gasteiger partial charge in [0.2, 0.25) is 0 Å². The molecule has 1 heterocycles. The fraction of sp³-hybridized carbons (Fsp3) is 0.444. The van der Waals surface area contributed by atoms with Crippen molar-refractivity contribution in [1.29, 1.82) is 0 Å². The Hall–Kier alpha value is -0.480. The maximum absolute atomic E-state index is 5.57. The van der Waals surface area contributed by atoms with Crippen molar-refractivity contribution in [3.8, 4) is 0 Å². The van der Waals surface area contributed by atoms with Crippen molar-refractivity contribution in [3.05, 3.63) is 24.0 Å². The van der Waals surface area contributed by atoms with E-state index in [1.54, 1.807) is 0 Å². The van der Waals surface area contributed by atoms with Gasteiger partial charge in [-0.2, -0.15) is 11.8 Å². The summed E-state index contributed by atoms with van der Waals surface area (Å²) in [6, 6.07) is 3.93. The van der Waals surface area contributed by atoms with Crippen LogP contribution in [0, 0.1) is 0 Å². The number of aryl methyl sites for hydroxylation is 1. The molecule has 1 aromatic rings. The summed E-state index contributed by atoms with van der Waals surface area (Å²) >= 11 is 6.85. The molecular weight excluding hydrogens is 200 g/mol. The summed E-state index contributed by atoms with van der Waals surface area (Å²) in [7, 11) is 0. The van der Waals surface area contributed by atoms with Crippen molar-refractivity contribution >= 4 is 29.0 Å². The smallest absolute Gasteiger partial charge is 0.120 e. The van der Waals surface area contributed by atoms with Gasteiger partial charge in [0.15, 0.2) is 0 Å². The van der Waals surface area contributed by atoms with Gasteiger partial charge in [-0.25, -0.2) is 0 Å². The van der Waals surface area contributed by atoms with Crippen LogP contribution in [0.2, 0.25) is 0 Å². The SMILES string of the molecule is CCSCCn1cccc1C(N)=S. The molecule has 0 aliphatic heterocycles. The van der Waals surface area contributed by atoms with Gasteiger partial charge in [0.05, 0.1) is 5.69 Å². The molecule has 0 saturated carbocycles. The Bertz CT molecular complexity index is 281. The maximum Gasteiger partial charge on any atom is 0.120 e. The topological polar surface area (TPSA) is 30.9 Å². The van der Waals surface area contributed by atoms with Crippen molar-refractivity contribution < 1.29 is 0 Å². The third-order valence-corrected chi connectivity index (χ3v) is 2.85. The van der Waals surface area contributed by atoms with E-state index in [0.717, 1.165) is 23.7 Å². The van der Waals surface area contributed by atoms with Gasteiger partial charge in [-0.15, -0.1) is 0 Å². The standard InChI is InChI=1S/C9H14N2S2/c1-2-13-7-6-11-5-3-4-8(11)9(10)12/h3-5H,2,6-7H2,1H3,(H2,10,12). The lowest BCUT2D eigenvalue weighted by Crippen LogP contribution is -2.16. The average Bonchev–Trinajstić information content (AvgIpc) is 2.53. The van der Waals surface area contributed by atoms with Gasteiger partial charge in [0, 0.05) is 18.5 Å². The molecule has 2 nitrogen and oxygen atoms in total. The summed E-state index contributed by atoms with van der Waals surface area (Å²) < 4.78 is 2.10. The van der Waals surface area contributed by atoms with E-state index in [9.17, 15) is 0 Å². The van der Waals surface area contributed by atoms with Gasteiger partial charge in [0.1, 0.15) is 4.99 Å². The second kappa shape index (κ2) is 5.29. The first-order chi connectivity index (χ1) is 6.25. The molecule has 0 bridgehead atoms. The summed E-state index contributed by atoms with van der Waals surface area (Å²) in [6.07, 6.45) is 2.02. The first-order valence-electron chi connectivity index (χ1n) is 4.28. The van der Waals surface area contributed by atoms with Crippen molar-refractivity contribution in [2.45, 2.75) is 13.5 Å². The molecular formula is C9H14N2S2. The van der Waals surface area contributed by atoms with Gasteiger partial charge in [-0.05, 0) is 17.9 Å². The number of aromatic nitrogens is 1. The predicted octanol–water partition coefficient (Wildman–Crippen LogP) is 1.88. The lowest BCUT2D eigenvalue weighted by molar-refractivity contribution is 0.771. The molecule has 0 aliphatic carbocycles. The Morgan fingerprint density at radius 2 is 2.46 bits per heavy atom. The van der Waals surface area contributed by atoms with E-state index in [4.69, 9.17) is 18.0 Å². The highest BCUT2D eigenvalue weighted by molar-refractivity contribution is 7.99. The monoisotopic (exact) mass is 214 g/mol. The highest BCUT2D eigenvalue weighted by Gasteiger charge is 2.01. The number of nitrogens with zero attached hydrogens (tertiary/aromatic N) is 1. The largest absolute Gasteiger partial charge is 0.388 e. The van der Waals surface area contributed by atoms with Crippen LogP contribution in [0.3, 0.4) is 0 Å². The molecule has 0 radical (unpaired) electrons. The van der Waals surface area contributed by atoms with E-state index in [0.29, 0.717) is 4.99 Å². The second-order valence-corrected chi connectivity index (χ2v) is 4.48. The Morgan fingerprint density at radius 3 is 3.08 bits per heavy atom. The van der Waals surface area contributed by atoms with E-state index in [-0.39, 0.29) is 0 Å². The molecule has 13 heavy (non-hydrogen) atoms. The van der Waals surface area contributed by atoms with Crippen LogP contribution >= 0.6 is 24.0 Å². The van der Waals surface area contributed by atoms with Crippen LogP contribution in [-0.2, 0) is 6.54 Å². The van der Waals surface area contributed by atoms with Crippen LogP contribution in [0.4, 0.5) is 0 Å². The number of hydrogen-bond acceptors (Lipinski definition) is 2. The Balaban J connectivity index is 2.55. The molecule has 0 aliphatic rings. The van der Waals surface area contributed by atoms with Crippen molar-refractivity contribution in [3.63, 3.8) is 0 Å². The Morgan fingerprint density at radius 1 is 1.69 bits per heavy atom. The molecule has 4 heteroatoms. The fourth-order valence-corrected chi connectivity index (χ4v) is 1.94. The van der Waals surface area contributed by atoms with Crippen LogP contribution in [0.1, 0.15) is 12.6 Å². The van der Waals surface area contributed by atoms with E-state index < -0.39 is 0 Å². The molecule has 72 valence electrons. The lowest BCUT2D eigenvalue weighted by atomic mass is 10.4. The van der Waals surface area contributed by atoms with Crippen LogP contribution in [0.15, 0.2) is 18.3 Å². The number of thioether (sulfide) groups is 1. The molecule has 0 spiro atoms. The second-order valence-electron chi connectivity index (χ2n) is 2.65. The number of hydrogen-bond donors (Lipinski definition) is 1. The third-order valence-electron chi connectivity index (χ3n) is 1.76. The average molecular weight is 214 g/mol. The van der Waals surface area contributed by atoms with Crippen LogP contribution in [-0.4, -0.2) is 21.1 Å². The van der Waals surface area contributed by atoms with Gasteiger partial charge < -0.3 is 10.3 Å². The van der Waals surface area contributed by atoms with Gasteiger partial charge >= 0.3 is 0 Å². The van der Waals surface area contributed by atoms with Gasteiger partial charge in [0.25, 0.3) is 0 Å². The molecule has 0 aromatic carbocycles. The number of rotatable bonds is 5. The van der Waals surface area contributed by atoms with Crippen LogP contribution in [0.25, 0.3) is 0 Å². The Labute approximate surface area is 88.5 Å². The minimum atomic E-state index is 0.478. The van der Waals surface area contributed by atoms with Crippen LogP contribution < -0.4 is 5.73 Å². The maximum atomic E-state index is 5.57. The number of nitrogens with two attached hydrogens (primary N) is 1. The third kappa shape index (κ3) is 3.04. The number of thiocarbonyl (C=S) groups is 1. The molecule has 0 saturated heterocycles. The molecule has 0 amide bonds. The minimum absolute atomic E-state index is 0.478. The zero-order valence-corrected chi connectivity index (χ0v) is 9.33. The quantitative estimate of drug-likeness (QED) is 0.600. The molecule has 1 aromatic heterocycles.